The average Bonchev–Trinajstić information content (AvgIpc) is 2.30. The van der Waals surface area contributed by atoms with Gasteiger partial charge in [-0.05, 0) is 18.8 Å². The van der Waals surface area contributed by atoms with E-state index in [1.807, 2.05) is 0 Å². The summed E-state index contributed by atoms with van der Waals surface area (Å²) in [5.74, 6) is 0.475. The first-order valence-corrected chi connectivity index (χ1v) is 4.50. The van der Waals surface area contributed by atoms with Crippen molar-refractivity contribution in [2.45, 2.75) is 44.6 Å². The normalized spacial score (nSPS) is 23.6. The molecule has 1 aliphatic carbocycles. The van der Waals surface area contributed by atoms with Crippen LogP contribution in [0.5, 0.6) is 0 Å². The highest BCUT2D eigenvalue weighted by atomic mass is 14.6. The summed E-state index contributed by atoms with van der Waals surface area (Å²) in [5, 5.41) is 8.60. The Morgan fingerprint density at radius 1 is 1.18 bits per heavy atom. The molecule has 62 valence electrons. The zero-order chi connectivity index (χ0) is 8.10. The summed E-state index contributed by atoms with van der Waals surface area (Å²) in [6.07, 6.45) is 7.51. The fourth-order valence-electron chi connectivity index (χ4n) is 1.78. The van der Waals surface area contributed by atoms with Gasteiger partial charge in [-0.1, -0.05) is 25.7 Å². The van der Waals surface area contributed by atoms with Crippen molar-refractivity contribution in [3.8, 4) is 6.07 Å². The minimum Gasteiger partial charge on any atom is -0.316 e. The Kier molecular flexibility index (Phi) is 3.38. The van der Waals surface area contributed by atoms with Gasteiger partial charge in [-0.25, -0.2) is 0 Å². The van der Waals surface area contributed by atoms with Gasteiger partial charge in [0.05, 0.1) is 12.1 Å². The summed E-state index contributed by atoms with van der Waals surface area (Å²) in [4.78, 5) is 0. The van der Waals surface area contributed by atoms with Gasteiger partial charge in [-0.2, -0.15) is 5.26 Å². The molecule has 0 aromatic rings. The third kappa shape index (κ3) is 2.51. The minimum absolute atomic E-state index is 0.215. The molecule has 1 rings (SSSR count). The predicted octanol–water partition coefficient (Wildman–Crippen LogP) is 1.81. The van der Waals surface area contributed by atoms with Crippen molar-refractivity contribution in [1.82, 2.24) is 0 Å². The summed E-state index contributed by atoms with van der Waals surface area (Å²) in [5.41, 5.74) is 5.66. The van der Waals surface area contributed by atoms with Crippen molar-refractivity contribution in [2.75, 3.05) is 0 Å². The zero-order valence-corrected chi connectivity index (χ0v) is 6.92. The third-order valence-corrected chi connectivity index (χ3v) is 2.56. The van der Waals surface area contributed by atoms with Gasteiger partial charge in [0.1, 0.15) is 0 Å². The highest BCUT2D eigenvalue weighted by Gasteiger charge is 2.18. The van der Waals surface area contributed by atoms with Crippen LogP contribution < -0.4 is 5.73 Å². The second-order valence-corrected chi connectivity index (χ2v) is 3.41. The van der Waals surface area contributed by atoms with E-state index < -0.39 is 0 Å². The largest absolute Gasteiger partial charge is 0.316 e. The van der Waals surface area contributed by atoms with E-state index in [1.54, 1.807) is 0 Å². The molecule has 0 heterocycles. The zero-order valence-electron chi connectivity index (χ0n) is 6.92. The van der Waals surface area contributed by atoms with Gasteiger partial charge in [-0.15, -0.1) is 0 Å². The van der Waals surface area contributed by atoms with E-state index in [2.05, 4.69) is 6.07 Å². The molecule has 0 saturated heterocycles. The minimum atomic E-state index is -0.215. The Labute approximate surface area is 68.4 Å². The van der Waals surface area contributed by atoms with E-state index in [0.29, 0.717) is 5.92 Å². The van der Waals surface area contributed by atoms with Crippen LogP contribution in [0, 0.1) is 17.2 Å². The van der Waals surface area contributed by atoms with Crippen LogP contribution >= 0.6 is 0 Å². The van der Waals surface area contributed by atoms with Gasteiger partial charge >= 0.3 is 0 Å². The van der Waals surface area contributed by atoms with E-state index in [1.165, 1.54) is 25.7 Å². The maximum Gasteiger partial charge on any atom is 0.0956 e. The van der Waals surface area contributed by atoms with Crippen LogP contribution in [0.25, 0.3) is 0 Å². The van der Waals surface area contributed by atoms with E-state index in [4.69, 9.17) is 11.0 Å². The molecule has 0 bridgehead atoms. The number of hydrogen-bond donors (Lipinski definition) is 1. The monoisotopic (exact) mass is 152 g/mol. The summed E-state index contributed by atoms with van der Waals surface area (Å²) in [7, 11) is 0. The van der Waals surface area contributed by atoms with Crippen molar-refractivity contribution in [2.24, 2.45) is 11.7 Å². The molecule has 0 amide bonds. The molecule has 1 saturated carbocycles. The summed E-state index contributed by atoms with van der Waals surface area (Å²) in [6.45, 7) is 0. The average molecular weight is 152 g/mol. The Morgan fingerprint density at radius 2 is 1.73 bits per heavy atom. The fraction of sp³-hybridized carbons (Fsp3) is 0.889. The van der Waals surface area contributed by atoms with E-state index in [0.717, 1.165) is 12.8 Å². The molecule has 2 N–H and O–H groups in total. The number of nitrogens with zero attached hydrogens (tertiary/aromatic N) is 1. The predicted molar refractivity (Wildman–Crippen MR) is 44.8 cm³/mol. The van der Waals surface area contributed by atoms with E-state index in [-0.39, 0.29) is 6.04 Å². The van der Waals surface area contributed by atoms with Crippen LogP contribution in [-0.4, -0.2) is 6.04 Å². The number of nitriles is 1. The Hall–Kier alpha value is -0.550. The van der Waals surface area contributed by atoms with Crippen LogP contribution in [0.3, 0.4) is 0 Å². The topological polar surface area (TPSA) is 49.8 Å². The molecule has 2 nitrogen and oxygen atoms in total. The summed E-state index contributed by atoms with van der Waals surface area (Å²) in [6, 6.07) is 1.93. The van der Waals surface area contributed by atoms with Crippen LogP contribution in [0.2, 0.25) is 0 Å². The van der Waals surface area contributed by atoms with Crippen molar-refractivity contribution in [3.63, 3.8) is 0 Å². The molecule has 0 spiro atoms. The molecule has 11 heavy (non-hydrogen) atoms. The lowest BCUT2D eigenvalue weighted by Gasteiger charge is -2.14. The molecular formula is C9H16N2. The smallest absolute Gasteiger partial charge is 0.0956 e. The molecule has 0 aliphatic heterocycles. The molecule has 0 radical (unpaired) electrons. The molecule has 1 aliphatic rings. The van der Waals surface area contributed by atoms with E-state index >= 15 is 0 Å². The van der Waals surface area contributed by atoms with Crippen LogP contribution in [-0.2, 0) is 0 Å². The second-order valence-electron chi connectivity index (χ2n) is 3.41. The van der Waals surface area contributed by atoms with Gasteiger partial charge in [0.25, 0.3) is 0 Å². The molecule has 1 fully saturated rings. The molecule has 0 aromatic heterocycles. The van der Waals surface area contributed by atoms with Gasteiger partial charge in [0.15, 0.2) is 0 Å². The van der Waals surface area contributed by atoms with Crippen LogP contribution in [0.4, 0.5) is 0 Å². The lowest BCUT2D eigenvalue weighted by molar-refractivity contribution is 0.423. The van der Waals surface area contributed by atoms with Gasteiger partial charge in [-0.3, -0.25) is 0 Å². The highest BCUT2D eigenvalue weighted by molar-refractivity contribution is 4.92. The van der Waals surface area contributed by atoms with Crippen molar-refractivity contribution < 1.29 is 0 Å². The van der Waals surface area contributed by atoms with Gasteiger partial charge < -0.3 is 5.73 Å². The number of hydrogen-bond acceptors (Lipinski definition) is 2. The number of rotatable bonds is 1. The summed E-state index contributed by atoms with van der Waals surface area (Å²) < 4.78 is 0. The Balaban J connectivity index is 2.37. The Morgan fingerprint density at radius 3 is 2.18 bits per heavy atom. The maximum absolute atomic E-state index is 8.60. The molecule has 1 atom stereocenters. The molecule has 1 unspecified atom stereocenters. The van der Waals surface area contributed by atoms with Gasteiger partial charge in [0.2, 0.25) is 0 Å². The van der Waals surface area contributed by atoms with Crippen molar-refractivity contribution in [1.29, 1.82) is 5.26 Å². The first-order chi connectivity index (χ1) is 5.34. The highest BCUT2D eigenvalue weighted by Crippen LogP contribution is 2.24. The van der Waals surface area contributed by atoms with Crippen LogP contribution in [0.1, 0.15) is 38.5 Å². The standard InChI is InChI=1S/C9H16N2/c10-7-9(11)8-5-3-1-2-4-6-8/h8-9H,1-6,11H2. The quantitative estimate of drug-likeness (QED) is 0.582. The third-order valence-electron chi connectivity index (χ3n) is 2.56. The molecule has 0 aromatic carbocycles. The molecular weight excluding hydrogens is 136 g/mol. The van der Waals surface area contributed by atoms with Crippen molar-refractivity contribution in [3.05, 3.63) is 0 Å². The van der Waals surface area contributed by atoms with Crippen LogP contribution in [0.15, 0.2) is 0 Å². The second kappa shape index (κ2) is 4.35. The van der Waals surface area contributed by atoms with Gasteiger partial charge in [0, 0.05) is 0 Å². The van der Waals surface area contributed by atoms with E-state index in [9.17, 15) is 0 Å². The maximum atomic E-state index is 8.60. The lowest BCUT2D eigenvalue weighted by atomic mass is 9.93. The number of nitrogens with two attached hydrogens (primary N) is 1. The first kappa shape index (κ1) is 8.55. The SMILES string of the molecule is N#CC(N)C1CCCCCC1. The Bertz CT molecular complexity index is 140. The van der Waals surface area contributed by atoms with Crippen molar-refractivity contribution >= 4 is 0 Å². The fourth-order valence-corrected chi connectivity index (χ4v) is 1.78. The summed E-state index contributed by atoms with van der Waals surface area (Å²) >= 11 is 0. The first-order valence-electron chi connectivity index (χ1n) is 4.50. The lowest BCUT2D eigenvalue weighted by Crippen LogP contribution is -2.27. The molecule has 2 heteroatoms.